The highest BCUT2D eigenvalue weighted by atomic mass is 19.1. The fourth-order valence-electron chi connectivity index (χ4n) is 3.33. The number of piperazine rings is 1. The summed E-state index contributed by atoms with van der Waals surface area (Å²) in [4.78, 5) is 13.5. The van der Waals surface area contributed by atoms with E-state index >= 15 is 0 Å². The van der Waals surface area contributed by atoms with E-state index in [0.29, 0.717) is 13.1 Å². The second-order valence-electron chi connectivity index (χ2n) is 6.33. The Balaban J connectivity index is 1.56. The predicted octanol–water partition coefficient (Wildman–Crippen LogP) is 0.218. The zero-order chi connectivity index (χ0) is 16.9. The predicted molar refractivity (Wildman–Crippen MR) is 88.3 cm³/mol. The number of halogens is 1. The van der Waals surface area contributed by atoms with Crippen molar-refractivity contribution in [1.82, 2.24) is 0 Å². The van der Waals surface area contributed by atoms with Gasteiger partial charge in [0.1, 0.15) is 45.1 Å². The van der Waals surface area contributed by atoms with Crippen molar-refractivity contribution in [2.75, 3.05) is 26.2 Å². The fraction of sp³-hybridized carbons (Fsp3) is 0.333. The van der Waals surface area contributed by atoms with Crippen LogP contribution in [0.4, 0.5) is 10.1 Å². The molecule has 1 aliphatic rings. The van der Waals surface area contributed by atoms with Crippen molar-refractivity contribution < 1.29 is 19.1 Å². The van der Waals surface area contributed by atoms with Crippen molar-refractivity contribution in [3.8, 4) is 0 Å². The number of nitrogens with one attached hydrogen (secondary N) is 2. The van der Waals surface area contributed by atoms with Crippen molar-refractivity contribution in [2.24, 2.45) is 0 Å². The van der Waals surface area contributed by atoms with Gasteiger partial charge in [-0.2, -0.15) is 0 Å². The van der Waals surface area contributed by atoms with Crippen molar-refractivity contribution in [3.63, 3.8) is 0 Å². The van der Waals surface area contributed by atoms with Crippen molar-refractivity contribution in [2.45, 2.75) is 13.1 Å². The lowest BCUT2D eigenvalue weighted by Crippen LogP contribution is -3.27. The van der Waals surface area contributed by atoms with Gasteiger partial charge in [0, 0.05) is 11.6 Å². The number of para-hydroxylation sites is 1. The van der Waals surface area contributed by atoms with Crippen LogP contribution in [0.2, 0.25) is 0 Å². The molecule has 1 saturated heterocycles. The molecule has 0 amide bonds. The first-order chi connectivity index (χ1) is 11.6. The fourth-order valence-corrected chi connectivity index (χ4v) is 3.33. The average molecular weight is 331 g/mol. The van der Waals surface area contributed by atoms with E-state index in [0.717, 1.165) is 37.3 Å². The van der Waals surface area contributed by atoms with E-state index in [1.165, 1.54) is 15.9 Å². The Hall–Kier alpha value is -2.31. The van der Waals surface area contributed by atoms with Gasteiger partial charge in [0.25, 0.3) is 5.69 Å². The lowest BCUT2D eigenvalue weighted by Gasteiger charge is -2.29. The average Bonchev–Trinajstić information content (AvgIpc) is 2.59. The second-order valence-corrected chi connectivity index (χ2v) is 6.33. The quantitative estimate of drug-likeness (QED) is 0.608. The van der Waals surface area contributed by atoms with Crippen LogP contribution in [0.25, 0.3) is 0 Å². The number of nitro benzene ring substituents is 1. The minimum atomic E-state index is -0.311. The van der Waals surface area contributed by atoms with Gasteiger partial charge in [-0.15, -0.1) is 0 Å². The summed E-state index contributed by atoms with van der Waals surface area (Å²) in [5.74, 6) is -0.139. The summed E-state index contributed by atoms with van der Waals surface area (Å²) in [6.07, 6.45) is 0. The summed E-state index contributed by atoms with van der Waals surface area (Å²) >= 11 is 0. The van der Waals surface area contributed by atoms with Crippen LogP contribution >= 0.6 is 0 Å². The van der Waals surface area contributed by atoms with Crippen LogP contribution in [0.3, 0.4) is 0 Å². The molecule has 3 rings (SSSR count). The van der Waals surface area contributed by atoms with E-state index in [1.54, 1.807) is 18.2 Å². The van der Waals surface area contributed by atoms with Gasteiger partial charge in [-0.05, 0) is 12.1 Å². The van der Waals surface area contributed by atoms with Gasteiger partial charge in [-0.3, -0.25) is 10.1 Å². The zero-order valence-electron chi connectivity index (χ0n) is 13.5. The van der Waals surface area contributed by atoms with Crippen LogP contribution in [-0.2, 0) is 13.1 Å². The highest BCUT2D eigenvalue weighted by Crippen LogP contribution is 2.16. The third-order valence-electron chi connectivity index (χ3n) is 4.69. The maximum Gasteiger partial charge on any atom is 0.278 e. The molecule has 0 unspecified atom stereocenters. The lowest BCUT2D eigenvalue weighted by atomic mass is 10.1. The standard InChI is InChI=1S/C18H20FN3O2/c19-17-7-3-1-5-15(17)13-20-9-11-21(12-10-20)14-16-6-2-4-8-18(16)22(23)24/h1-8H,9-14H2/p+2. The summed E-state index contributed by atoms with van der Waals surface area (Å²) < 4.78 is 13.7. The first kappa shape index (κ1) is 16.5. The van der Waals surface area contributed by atoms with E-state index in [-0.39, 0.29) is 16.4 Å². The summed E-state index contributed by atoms with van der Waals surface area (Å²) in [5, 5.41) is 11.1. The number of hydrogen-bond donors (Lipinski definition) is 2. The topological polar surface area (TPSA) is 52.0 Å². The summed E-state index contributed by atoms with van der Waals surface area (Å²) in [6.45, 7) is 5.15. The minimum absolute atomic E-state index is 0.139. The Bertz CT molecular complexity index is 715. The number of quaternary nitrogens is 2. The van der Waals surface area contributed by atoms with Crippen molar-refractivity contribution in [1.29, 1.82) is 0 Å². The molecule has 2 aromatic carbocycles. The Labute approximate surface area is 140 Å². The maximum atomic E-state index is 13.7. The van der Waals surface area contributed by atoms with E-state index in [4.69, 9.17) is 0 Å². The molecule has 0 aromatic heterocycles. The zero-order valence-corrected chi connectivity index (χ0v) is 13.5. The van der Waals surface area contributed by atoms with E-state index < -0.39 is 0 Å². The molecule has 0 saturated carbocycles. The first-order valence-electron chi connectivity index (χ1n) is 8.26. The molecule has 1 fully saturated rings. The lowest BCUT2D eigenvalue weighted by molar-refractivity contribution is -1.02. The largest absolute Gasteiger partial charge is 0.322 e. The van der Waals surface area contributed by atoms with Crippen LogP contribution in [0.15, 0.2) is 48.5 Å². The van der Waals surface area contributed by atoms with E-state index in [9.17, 15) is 14.5 Å². The molecular formula is C18H22FN3O2+2. The minimum Gasteiger partial charge on any atom is -0.322 e. The molecule has 0 aliphatic carbocycles. The SMILES string of the molecule is O=[N+]([O-])c1ccccc1C[NH+]1CC[NH+](Cc2ccccc2F)CC1. The normalized spacial score (nSPS) is 20.7. The Morgan fingerprint density at radius 3 is 1.96 bits per heavy atom. The number of benzene rings is 2. The molecule has 2 aromatic rings. The Morgan fingerprint density at radius 1 is 0.875 bits per heavy atom. The van der Waals surface area contributed by atoms with Gasteiger partial charge in [0.15, 0.2) is 0 Å². The molecule has 5 nitrogen and oxygen atoms in total. The molecule has 24 heavy (non-hydrogen) atoms. The monoisotopic (exact) mass is 331 g/mol. The van der Waals surface area contributed by atoms with Gasteiger partial charge in [-0.25, -0.2) is 4.39 Å². The van der Waals surface area contributed by atoms with Crippen LogP contribution in [0.1, 0.15) is 11.1 Å². The summed E-state index contributed by atoms with van der Waals surface area (Å²) in [5.41, 5.74) is 1.75. The van der Waals surface area contributed by atoms with Crippen molar-refractivity contribution >= 4 is 5.69 Å². The third kappa shape index (κ3) is 3.96. The molecule has 1 heterocycles. The number of rotatable bonds is 5. The highest BCUT2D eigenvalue weighted by molar-refractivity contribution is 5.39. The maximum absolute atomic E-state index is 13.7. The third-order valence-corrected chi connectivity index (χ3v) is 4.69. The van der Waals surface area contributed by atoms with Gasteiger partial charge in [0.2, 0.25) is 0 Å². The van der Waals surface area contributed by atoms with E-state index in [2.05, 4.69) is 0 Å². The van der Waals surface area contributed by atoms with Crippen LogP contribution in [-0.4, -0.2) is 31.1 Å². The molecule has 126 valence electrons. The number of nitro groups is 1. The second kappa shape index (κ2) is 7.51. The van der Waals surface area contributed by atoms with Crippen LogP contribution in [0.5, 0.6) is 0 Å². The highest BCUT2D eigenvalue weighted by Gasteiger charge is 2.26. The molecule has 0 spiro atoms. The van der Waals surface area contributed by atoms with Crippen molar-refractivity contribution in [3.05, 3.63) is 75.6 Å². The first-order valence-corrected chi connectivity index (χ1v) is 8.26. The van der Waals surface area contributed by atoms with Gasteiger partial charge in [-0.1, -0.05) is 30.3 Å². The number of nitrogens with zero attached hydrogens (tertiary/aromatic N) is 1. The number of hydrogen-bond acceptors (Lipinski definition) is 2. The molecule has 0 atom stereocenters. The molecule has 0 radical (unpaired) electrons. The van der Waals surface area contributed by atoms with Gasteiger partial charge < -0.3 is 9.80 Å². The Morgan fingerprint density at radius 2 is 1.38 bits per heavy atom. The molecule has 2 N–H and O–H groups in total. The van der Waals surface area contributed by atoms with Gasteiger partial charge >= 0.3 is 0 Å². The summed E-state index contributed by atoms with van der Waals surface area (Å²) in [7, 11) is 0. The Kier molecular flexibility index (Phi) is 5.17. The van der Waals surface area contributed by atoms with Crippen LogP contribution in [0, 0.1) is 15.9 Å². The molecular weight excluding hydrogens is 309 g/mol. The van der Waals surface area contributed by atoms with Crippen LogP contribution < -0.4 is 9.80 Å². The molecule has 0 bridgehead atoms. The molecule has 1 aliphatic heterocycles. The van der Waals surface area contributed by atoms with E-state index in [1.807, 2.05) is 24.3 Å². The van der Waals surface area contributed by atoms with Gasteiger partial charge in [0.05, 0.1) is 10.5 Å². The smallest absolute Gasteiger partial charge is 0.278 e. The summed E-state index contributed by atoms with van der Waals surface area (Å²) in [6, 6.07) is 13.9. The molecule has 6 heteroatoms.